The van der Waals surface area contributed by atoms with E-state index in [9.17, 15) is 5.11 Å². The summed E-state index contributed by atoms with van der Waals surface area (Å²) in [5.74, 6) is 0.131. The maximum atomic E-state index is 9.23. The largest absolute Gasteiger partial charge is 0.393 e. The summed E-state index contributed by atoms with van der Waals surface area (Å²) in [4.78, 5) is 4.21. The maximum absolute atomic E-state index is 9.23. The third-order valence-corrected chi connectivity index (χ3v) is 3.36. The van der Waals surface area contributed by atoms with E-state index in [-0.39, 0.29) is 12.0 Å². The van der Waals surface area contributed by atoms with E-state index < -0.39 is 0 Å². The van der Waals surface area contributed by atoms with Crippen molar-refractivity contribution in [2.45, 2.75) is 25.9 Å². The van der Waals surface area contributed by atoms with Gasteiger partial charge in [-0.05, 0) is 22.9 Å². The molecule has 2 atom stereocenters. The molecule has 62 valence electrons. The molecule has 1 aromatic heterocycles. The maximum Gasteiger partial charge on any atom is 0.117 e. The minimum Gasteiger partial charge on any atom is -0.393 e. The van der Waals surface area contributed by atoms with Crippen LogP contribution in [0.3, 0.4) is 0 Å². The van der Waals surface area contributed by atoms with Crippen molar-refractivity contribution in [3.63, 3.8) is 0 Å². The van der Waals surface area contributed by atoms with Crippen LogP contribution in [-0.4, -0.2) is 16.2 Å². The second-order valence-corrected chi connectivity index (χ2v) is 4.24. The molecule has 2 unspecified atom stereocenters. The summed E-state index contributed by atoms with van der Waals surface area (Å²) < 4.78 is 0.852. The number of hydrogen-bond donors (Lipinski definition) is 1. The first-order chi connectivity index (χ1) is 5.11. The van der Waals surface area contributed by atoms with Gasteiger partial charge >= 0.3 is 0 Å². The number of thiazole rings is 1. The molecule has 4 heteroatoms. The number of aliphatic hydroxyl groups is 1. The van der Waals surface area contributed by atoms with Gasteiger partial charge in [0.25, 0.3) is 0 Å². The van der Waals surface area contributed by atoms with Crippen molar-refractivity contribution in [1.29, 1.82) is 0 Å². The van der Waals surface area contributed by atoms with Crippen LogP contribution in [0.15, 0.2) is 9.98 Å². The zero-order valence-electron chi connectivity index (χ0n) is 6.41. The van der Waals surface area contributed by atoms with Crippen molar-refractivity contribution in [3.05, 3.63) is 15.0 Å². The molecule has 0 radical (unpaired) electrons. The smallest absolute Gasteiger partial charge is 0.117 e. The van der Waals surface area contributed by atoms with E-state index in [0.29, 0.717) is 0 Å². The van der Waals surface area contributed by atoms with E-state index in [1.54, 1.807) is 18.3 Å². The Morgan fingerprint density at radius 2 is 2.27 bits per heavy atom. The van der Waals surface area contributed by atoms with Gasteiger partial charge in [-0.3, -0.25) is 0 Å². The molecule has 0 aliphatic carbocycles. The van der Waals surface area contributed by atoms with Crippen LogP contribution in [0, 0.1) is 0 Å². The Labute approximate surface area is 78.4 Å². The van der Waals surface area contributed by atoms with Crippen LogP contribution < -0.4 is 0 Å². The predicted octanol–water partition coefficient (Wildman–Crippen LogP) is 2.39. The first-order valence-electron chi connectivity index (χ1n) is 3.40. The lowest BCUT2D eigenvalue weighted by Crippen LogP contribution is -2.10. The van der Waals surface area contributed by atoms with Crippen molar-refractivity contribution < 1.29 is 5.11 Å². The molecule has 0 amide bonds. The first kappa shape index (κ1) is 9.16. The summed E-state index contributed by atoms with van der Waals surface area (Å²) in [6.07, 6.45) is -0.326. The van der Waals surface area contributed by atoms with Crippen LogP contribution >= 0.6 is 27.3 Å². The Kier molecular flexibility index (Phi) is 3.04. The predicted molar refractivity (Wildman–Crippen MR) is 49.9 cm³/mol. The molecule has 0 aliphatic heterocycles. The molecule has 0 aliphatic rings. The summed E-state index contributed by atoms with van der Waals surface area (Å²) >= 11 is 4.84. The van der Waals surface area contributed by atoms with Gasteiger partial charge in [-0.25, -0.2) is 4.98 Å². The van der Waals surface area contributed by atoms with Crippen LogP contribution in [-0.2, 0) is 0 Å². The van der Waals surface area contributed by atoms with E-state index in [4.69, 9.17) is 0 Å². The van der Waals surface area contributed by atoms with Crippen LogP contribution in [0.4, 0.5) is 0 Å². The monoisotopic (exact) mass is 235 g/mol. The second kappa shape index (κ2) is 3.65. The highest BCUT2D eigenvalue weighted by Gasteiger charge is 2.14. The van der Waals surface area contributed by atoms with Gasteiger partial charge in [-0.15, -0.1) is 11.3 Å². The highest BCUT2D eigenvalue weighted by atomic mass is 79.9. The Balaban J connectivity index is 2.76. The molecule has 1 rings (SSSR count). The topological polar surface area (TPSA) is 33.1 Å². The highest BCUT2D eigenvalue weighted by molar-refractivity contribution is 9.10. The van der Waals surface area contributed by atoms with Crippen LogP contribution in [0.25, 0.3) is 0 Å². The summed E-state index contributed by atoms with van der Waals surface area (Å²) in [7, 11) is 0. The fourth-order valence-corrected chi connectivity index (χ4v) is 2.10. The Hall–Kier alpha value is 0.0700. The van der Waals surface area contributed by atoms with Crippen molar-refractivity contribution in [2.75, 3.05) is 0 Å². The number of aliphatic hydroxyl groups excluding tert-OH is 1. The molecule has 2 nitrogen and oxygen atoms in total. The highest BCUT2D eigenvalue weighted by Crippen LogP contribution is 2.24. The molecule has 0 spiro atoms. The van der Waals surface area contributed by atoms with E-state index in [1.165, 1.54) is 0 Å². The summed E-state index contributed by atoms with van der Waals surface area (Å²) in [6, 6.07) is 0. The standard InChI is InChI=1S/C7H10BrNOS/c1-4(5(2)10)7-9-6(8)3-11-7/h3-5,10H,1-2H3. The van der Waals surface area contributed by atoms with Gasteiger partial charge in [0.05, 0.1) is 11.1 Å². The van der Waals surface area contributed by atoms with Crippen molar-refractivity contribution in [2.24, 2.45) is 0 Å². The van der Waals surface area contributed by atoms with Gasteiger partial charge in [0.2, 0.25) is 0 Å². The van der Waals surface area contributed by atoms with Crippen LogP contribution in [0.1, 0.15) is 24.8 Å². The Bertz CT molecular complexity index is 236. The van der Waals surface area contributed by atoms with E-state index in [1.807, 2.05) is 12.3 Å². The fraction of sp³-hybridized carbons (Fsp3) is 0.571. The summed E-state index contributed by atoms with van der Waals surface area (Å²) in [6.45, 7) is 3.75. The molecule has 0 aromatic carbocycles. The minimum absolute atomic E-state index is 0.131. The molecule has 0 fully saturated rings. The van der Waals surface area contributed by atoms with Gasteiger partial charge in [0.1, 0.15) is 4.60 Å². The van der Waals surface area contributed by atoms with Crippen molar-refractivity contribution in [3.8, 4) is 0 Å². The normalized spacial score (nSPS) is 16.4. The van der Waals surface area contributed by atoms with Gasteiger partial charge in [-0.2, -0.15) is 0 Å². The van der Waals surface area contributed by atoms with Gasteiger partial charge in [0.15, 0.2) is 0 Å². The molecule has 11 heavy (non-hydrogen) atoms. The lowest BCUT2D eigenvalue weighted by Gasteiger charge is -2.10. The number of nitrogens with zero attached hydrogens (tertiary/aromatic N) is 1. The first-order valence-corrected chi connectivity index (χ1v) is 5.07. The Morgan fingerprint density at radius 1 is 1.64 bits per heavy atom. The Morgan fingerprint density at radius 3 is 2.64 bits per heavy atom. The molecule has 0 bridgehead atoms. The third-order valence-electron chi connectivity index (χ3n) is 1.61. The average Bonchev–Trinajstić information content (AvgIpc) is 2.34. The van der Waals surface area contributed by atoms with Gasteiger partial charge in [0, 0.05) is 11.3 Å². The fourth-order valence-electron chi connectivity index (χ4n) is 0.682. The molecule has 1 N–H and O–H groups in total. The number of rotatable bonds is 2. The van der Waals surface area contributed by atoms with Crippen molar-refractivity contribution >= 4 is 27.3 Å². The van der Waals surface area contributed by atoms with E-state index in [2.05, 4.69) is 20.9 Å². The minimum atomic E-state index is -0.326. The third kappa shape index (κ3) is 2.25. The number of hydrogen-bond acceptors (Lipinski definition) is 3. The van der Waals surface area contributed by atoms with Crippen molar-refractivity contribution in [1.82, 2.24) is 4.98 Å². The summed E-state index contributed by atoms with van der Waals surface area (Å²) in [5, 5.41) is 12.1. The molecule has 1 aromatic rings. The molecular weight excluding hydrogens is 226 g/mol. The number of halogens is 1. The molecular formula is C7H10BrNOS. The number of aromatic nitrogens is 1. The molecule has 0 saturated carbocycles. The van der Waals surface area contributed by atoms with Crippen LogP contribution in [0.5, 0.6) is 0 Å². The van der Waals surface area contributed by atoms with Crippen LogP contribution in [0.2, 0.25) is 0 Å². The van der Waals surface area contributed by atoms with Gasteiger partial charge < -0.3 is 5.11 Å². The molecule has 1 heterocycles. The van der Waals surface area contributed by atoms with E-state index in [0.717, 1.165) is 9.61 Å². The van der Waals surface area contributed by atoms with Gasteiger partial charge in [-0.1, -0.05) is 6.92 Å². The molecule has 0 saturated heterocycles. The average molecular weight is 236 g/mol. The zero-order valence-corrected chi connectivity index (χ0v) is 8.82. The lowest BCUT2D eigenvalue weighted by atomic mass is 10.1. The zero-order chi connectivity index (χ0) is 8.43. The summed E-state index contributed by atoms with van der Waals surface area (Å²) in [5.41, 5.74) is 0. The quantitative estimate of drug-likeness (QED) is 0.855. The second-order valence-electron chi connectivity index (χ2n) is 2.54. The lowest BCUT2D eigenvalue weighted by molar-refractivity contribution is 0.169. The van der Waals surface area contributed by atoms with E-state index >= 15 is 0 Å². The SMILES string of the molecule is CC(O)C(C)c1nc(Br)cs1.